The van der Waals surface area contributed by atoms with Gasteiger partial charge in [-0.3, -0.25) is 4.79 Å². The summed E-state index contributed by atoms with van der Waals surface area (Å²) in [6.45, 7) is 7.64. The van der Waals surface area contributed by atoms with Crippen LogP contribution in [0.1, 0.15) is 33.5 Å². The van der Waals surface area contributed by atoms with E-state index < -0.39 is 5.41 Å². The molecule has 0 bridgehead atoms. The molecule has 0 aliphatic heterocycles. The number of carbonyl (C=O) groups excluding carboxylic acids is 1. The summed E-state index contributed by atoms with van der Waals surface area (Å²) in [6.07, 6.45) is 0. The van der Waals surface area contributed by atoms with Crippen molar-refractivity contribution in [3.8, 4) is 5.75 Å². The van der Waals surface area contributed by atoms with E-state index in [-0.39, 0.29) is 11.7 Å². The van der Waals surface area contributed by atoms with E-state index >= 15 is 0 Å². The molecule has 0 saturated heterocycles. The zero-order chi connectivity index (χ0) is 14.2. The van der Waals surface area contributed by atoms with Gasteiger partial charge in [0.2, 0.25) is 0 Å². The van der Waals surface area contributed by atoms with Crippen LogP contribution in [-0.2, 0) is 10.2 Å². The lowest BCUT2D eigenvalue weighted by Crippen LogP contribution is -2.33. The van der Waals surface area contributed by atoms with Crippen LogP contribution in [0.2, 0.25) is 0 Å². The molecule has 1 heterocycles. The third-order valence-electron chi connectivity index (χ3n) is 3.42. The average molecular weight is 260 g/mol. The fourth-order valence-electron chi connectivity index (χ4n) is 2.25. The largest absolute Gasteiger partial charge is 0.497 e. The average Bonchev–Trinajstić information content (AvgIpc) is 2.80. The van der Waals surface area contributed by atoms with Gasteiger partial charge in [0.1, 0.15) is 17.4 Å². The van der Waals surface area contributed by atoms with E-state index in [1.54, 1.807) is 7.11 Å². The Labute approximate surface area is 113 Å². The summed E-state index contributed by atoms with van der Waals surface area (Å²) in [5.74, 6) is 1.64. The Hall–Kier alpha value is -1.84. The van der Waals surface area contributed by atoms with Gasteiger partial charge in [-0.15, -0.1) is 0 Å². The number of nitrogens with one attached hydrogen (secondary N) is 1. The number of aromatic amines is 1. The SMILES string of the molecule is COc1ccc2nc(C(C)(C)C(=O)C(C)C)[nH]c2c1. The highest BCUT2D eigenvalue weighted by atomic mass is 16.5. The Bertz CT molecular complexity index is 612. The topological polar surface area (TPSA) is 55.0 Å². The van der Waals surface area contributed by atoms with Crippen LogP contribution in [0.5, 0.6) is 5.75 Å². The first-order chi connectivity index (χ1) is 8.86. The number of nitrogens with zero attached hydrogens (tertiary/aromatic N) is 1. The molecule has 1 N–H and O–H groups in total. The minimum Gasteiger partial charge on any atom is -0.497 e. The van der Waals surface area contributed by atoms with Gasteiger partial charge in [-0.1, -0.05) is 13.8 Å². The van der Waals surface area contributed by atoms with Crippen molar-refractivity contribution in [2.24, 2.45) is 5.92 Å². The van der Waals surface area contributed by atoms with E-state index in [4.69, 9.17) is 4.74 Å². The summed E-state index contributed by atoms with van der Waals surface area (Å²) < 4.78 is 5.19. The Morgan fingerprint density at radius 2 is 2.05 bits per heavy atom. The number of aromatic nitrogens is 2. The van der Waals surface area contributed by atoms with E-state index in [1.165, 1.54) is 0 Å². The molecule has 4 heteroatoms. The number of ether oxygens (including phenoxy) is 1. The fourth-order valence-corrected chi connectivity index (χ4v) is 2.25. The van der Waals surface area contributed by atoms with Crippen LogP contribution in [0.15, 0.2) is 18.2 Å². The molecule has 4 nitrogen and oxygen atoms in total. The van der Waals surface area contributed by atoms with Gasteiger partial charge in [0.05, 0.1) is 23.6 Å². The van der Waals surface area contributed by atoms with Crippen LogP contribution in [0, 0.1) is 5.92 Å². The third kappa shape index (κ3) is 2.35. The first-order valence-electron chi connectivity index (χ1n) is 6.45. The van der Waals surface area contributed by atoms with Crippen molar-refractivity contribution in [1.82, 2.24) is 9.97 Å². The molecule has 0 amide bonds. The molecule has 2 aromatic rings. The molecule has 0 spiro atoms. The number of methoxy groups -OCH3 is 1. The minimum atomic E-state index is -0.611. The van der Waals surface area contributed by atoms with E-state index in [0.717, 1.165) is 16.8 Å². The highest BCUT2D eigenvalue weighted by Gasteiger charge is 2.34. The predicted molar refractivity (Wildman–Crippen MR) is 75.5 cm³/mol. The smallest absolute Gasteiger partial charge is 0.148 e. The lowest BCUT2D eigenvalue weighted by atomic mass is 9.82. The molecule has 0 aliphatic carbocycles. The number of imidazole rings is 1. The first kappa shape index (κ1) is 13.6. The molecule has 0 aliphatic rings. The van der Waals surface area contributed by atoms with Crippen LogP contribution in [0.4, 0.5) is 0 Å². The van der Waals surface area contributed by atoms with Crippen LogP contribution in [0.25, 0.3) is 11.0 Å². The van der Waals surface area contributed by atoms with Crippen LogP contribution >= 0.6 is 0 Å². The molecule has 19 heavy (non-hydrogen) atoms. The molecular weight excluding hydrogens is 240 g/mol. The molecule has 0 atom stereocenters. The Morgan fingerprint density at radius 1 is 1.37 bits per heavy atom. The van der Waals surface area contributed by atoms with Crippen LogP contribution < -0.4 is 4.74 Å². The van der Waals surface area contributed by atoms with Crippen molar-refractivity contribution < 1.29 is 9.53 Å². The zero-order valence-corrected chi connectivity index (χ0v) is 12.1. The van der Waals surface area contributed by atoms with Gasteiger partial charge in [0, 0.05) is 12.0 Å². The number of carbonyl (C=O) groups is 1. The number of ketones is 1. The summed E-state index contributed by atoms with van der Waals surface area (Å²) in [6, 6.07) is 5.65. The number of hydrogen-bond acceptors (Lipinski definition) is 3. The zero-order valence-electron chi connectivity index (χ0n) is 12.1. The highest BCUT2D eigenvalue weighted by molar-refractivity contribution is 5.91. The molecule has 1 aromatic heterocycles. The number of rotatable bonds is 4. The molecule has 1 aromatic carbocycles. The van der Waals surface area contributed by atoms with Crippen molar-refractivity contribution in [2.45, 2.75) is 33.1 Å². The first-order valence-corrected chi connectivity index (χ1v) is 6.45. The molecule has 0 unspecified atom stereocenters. The highest BCUT2D eigenvalue weighted by Crippen LogP contribution is 2.28. The van der Waals surface area contributed by atoms with E-state index in [9.17, 15) is 4.79 Å². The van der Waals surface area contributed by atoms with Crippen LogP contribution in [-0.4, -0.2) is 22.9 Å². The van der Waals surface area contributed by atoms with Crippen molar-refractivity contribution >= 4 is 16.8 Å². The van der Waals surface area contributed by atoms with Crippen molar-refractivity contribution in [1.29, 1.82) is 0 Å². The summed E-state index contributed by atoms with van der Waals surface area (Å²) in [5, 5.41) is 0. The molecular formula is C15H20N2O2. The van der Waals surface area contributed by atoms with Gasteiger partial charge in [-0.2, -0.15) is 0 Å². The van der Waals surface area contributed by atoms with E-state index in [1.807, 2.05) is 45.9 Å². The number of Topliss-reactive ketones (excluding diaryl/α,β-unsaturated/α-hetero) is 1. The maximum absolute atomic E-state index is 12.3. The lowest BCUT2D eigenvalue weighted by Gasteiger charge is -2.22. The van der Waals surface area contributed by atoms with Crippen molar-refractivity contribution in [3.05, 3.63) is 24.0 Å². The van der Waals surface area contributed by atoms with Crippen molar-refractivity contribution in [2.75, 3.05) is 7.11 Å². The third-order valence-corrected chi connectivity index (χ3v) is 3.42. The maximum atomic E-state index is 12.3. The van der Waals surface area contributed by atoms with Gasteiger partial charge < -0.3 is 9.72 Å². The van der Waals surface area contributed by atoms with E-state index in [0.29, 0.717) is 5.82 Å². The monoisotopic (exact) mass is 260 g/mol. The van der Waals surface area contributed by atoms with Gasteiger partial charge in [0.15, 0.2) is 0 Å². The number of H-pyrrole nitrogens is 1. The fraction of sp³-hybridized carbons (Fsp3) is 0.467. The minimum absolute atomic E-state index is 0.0160. The normalized spacial score (nSPS) is 12.1. The Balaban J connectivity index is 2.48. The van der Waals surface area contributed by atoms with Gasteiger partial charge in [0.25, 0.3) is 0 Å². The predicted octanol–water partition coefficient (Wildman–Crippen LogP) is 3.07. The Morgan fingerprint density at radius 3 is 2.63 bits per heavy atom. The second-order valence-electron chi connectivity index (χ2n) is 5.61. The standard InChI is InChI=1S/C15H20N2O2/c1-9(2)13(18)15(3,4)14-16-11-7-6-10(19-5)8-12(11)17-14/h6-9H,1-5H3,(H,16,17). The summed E-state index contributed by atoms with van der Waals surface area (Å²) in [4.78, 5) is 20.0. The quantitative estimate of drug-likeness (QED) is 0.919. The summed E-state index contributed by atoms with van der Waals surface area (Å²) >= 11 is 0. The Kier molecular flexibility index (Phi) is 3.35. The molecule has 2 rings (SSSR count). The summed E-state index contributed by atoms with van der Waals surface area (Å²) in [7, 11) is 1.63. The lowest BCUT2D eigenvalue weighted by molar-refractivity contribution is -0.126. The second-order valence-corrected chi connectivity index (χ2v) is 5.61. The maximum Gasteiger partial charge on any atom is 0.148 e. The second kappa shape index (κ2) is 4.68. The number of benzene rings is 1. The summed E-state index contributed by atoms with van der Waals surface area (Å²) in [5.41, 5.74) is 1.12. The van der Waals surface area contributed by atoms with Crippen molar-refractivity contribution in [3.63, 3.8) is 0 Å². The van der Waals surface area contributed by atoms with Gasteiger partial charge in [-0.05, 0) is 26.0 Å². The van der Waals surface area contributed by atoms with E-state index in [2.05, 4.69) is 9.97 Å². The number of hydrogen-bond donors (Lipinski definition) is 1. The van der Waals surface area contributed by atoms with Gasteiger partial charge in [-0.25, -0.2) is 4.98 Å². The molecule has 0 fully saturated rings. The molecule has 0 radical (unpaired) electrons. The number of fused-ring (bicyclic) bond motifs is 1. The van der Waals surface area contributed by atoms with Crippen LogP contribution in [0.3, 0.4) is 0 Å². The molecule has 0 saturated carbocycles. The molecule has 102 valence electrons. The van der Waals surface area contributed by atoms with Gasteiger partial charge >= 0.3 is 0 Å².